The van der Waals surface area contributed by atoms with Crippen LogP contribution in [0.1, 0.15) is 49.3 Å². The van der Waals surface area contributed by atoms with Crippen molar-refractivity contribution in [2.24, 2.45) is 0 Å². The van der Waals surface area contributed by atoms with Crippen molar-refractivity contribution in [1.82, 2.24) is 9.78 Å². The molecule has 4 heteroatoms. The third-order valence-corrected chi connectivity index (χ3v) is 5.54. The Labute approximate surface area is 166 Å². The summed E-state index contributed by atoms with van der Waals surface area (Å²) >= 11 is 0. The number of aliphatic hydroxyl groups excluding tert-OH is 1. The molecule has 0 amide bonds. The summed E-state index contributed by atoms with van der Waals surface area (Å²) in [7, 11) is 0. The Kier molecular flexibility index (Phi) is 6.07. The van der Waals surface area contributed by atoms with Crippen LogP contribution in [0.15, 0.2) is 60.9 Å². The zero-order valence-corrected chi connectivity index (χ0v) is 16.3. The number of aliphatic hydroxyl groups is 1. The quantitative estimate of drug-likeness (QED) is 0.619. The van der Waals surface area contributed by atoms with Crippen LogP contribution in [0.4, 0.5) is 0 Å². The van der Waals surface area contributed by atoms with Crippen LogP contribution in [0.2, 0.25) is 0 Å². The molecule has 1 aliphatic rings. The molecule has 1 saturated carbocycles. The van der Waals surface area contributed by atoms with Crippen molar-refractivity contribution >= 4 is 0 Å². The normalized spacial score (nSPS) is 14.9. The van der Waals surface area contributed by atoms with Gasteiger partial charge in [-0.3, -0.25) is 4.68 Å². The molecule has 3 aromatic rings. The number of benzene rings is 2. The Morgan fingerprint density at radius 2 is 1.82 bits per heavy atom. The second-order valence-corrected chi connectivity index (χ2v) is 7.58. The van der Waals surface area contributed by atoms with Gasteiger partial charge >= 0.3 is 0 Å². The van der Waals surface area contributed by atoms with Crippen molar-refractivity contribution in [1.29, 1.82) is 0 Å². The molecule has 0 unspecified atom stereocenters. The summed E-state index contributed by atoms with van der Waals surface area (Å²) < 4.78 is 8.30. The first kappa shape index (κ1) is 18.8. The first-order valence-electron chi connectivity index (χ1n) is 10.3. The van der Waals surface area contributed by atoms with E-state index in [0.29, 0.717) is 19.1 Å². The van der Waals surface area contributed by atoms with E-state index in [1.165, 1.54) is 32.1 Å². The van der Waals surface area contributed by atoms with E-state index >= 15 is 0 Å². The second-order valence-electron chi connectivity index (χ2n) is 7.58. The molecular formula is C24H28N2O2. The van der Waals surface area contributed by atoms with Crippen LogP contribution >= 0.6 is 0 Å². The lowest BCUT2D eigenvalue weighted by atomic mass is 9.96. The van der Waals surface area contributed by atoms with Crippen molar-refractivity contribution < 1.29 is 9.84 Å². The topological polar surface area (TPSA) is 47.3 Å². The van der Waals surface area contributed by atoms with Gasteiger partial charge in [-0.25, -0.2) is 0 Å². The molecule has 0 spiro atoms. The molecule has 0 radical (unpaired) electrons. The van der Waals surface area contributed by atoms with Gasteiger partial charge in [-0.1, -0.05) is 55.7 Å². The van der Waals surface area contributed by atoms with Gasteiger partial charge in [0.05, 0.1) is 12.2 Å². The van der Waals surface area contributed by atoms with Gasteiger partial charge in [0, 0.05) is 23.9 Å². The van der Waals surface area contributed by atoms with Gasteiger partial charge in [-0.05, 0) is 42.5 Å². The summed E-state index contributed by atoms with van der Waals surface area (Å²) in [6, 6.07) is 16.9. The van der Waals surface area contributed by atoms with Crippen LogP contribution in [-0.2, 0) is 13.0 Å². The van der Waals surface area contributed by atoms with Crippen molar-refractivity contribution in [3.63, 3.8) is 0 Å². The second kappa shape index (κ2) is 9.07. The van der Waals surface area contributed by atoms with Gasteiger partial charge in [0.1, 0.15) is 12.4 Å². The van der Waals surface area contributed by atoms with E-state index < -0.39 is 0 Å². The largest absolute Gasteiger partial charge is 0.488 e. The van der Waals surface area contributed by atoms with E-state index in [1.54, 1.807) is 0 Å². The molecule has 1 N–H and O–H groups in total. The number of rotatable bonds is 7. The third kappa shape index (κ3) is 4.45. The Hall–Kier alpha value is -2.59. The summed E-state index contributed by atoms with van der Waals surface area (Å²) in [4.78, 5) is 0. The molecule has 0 saturated heterocycles. The molecular weight excluding hydrogens is 348 g/mol. The summed E-state index contributed by atoms with van der Waals surface area (Å²) in [5, 5.41) is 14.0. The summed E-state index contributed by atoms with van der Waals surface area (Å²) in [5.41, 5.74) is 4.37. The lowest BCUT2D eigenvalue weighted by molar-refractivity contribution is 0.298. The monoisotopic (exact) mass is 376 g/mol. The number of nitrogens with zero attached hydrogens (tertiary/aromatic N) is 2. The summed E-state index contributed by atoms with van der Waals surface area (Å²) in [6.07, 6.45) is 11.1. The fourth-order valence-corrected chi connectivity index (χ4v) is 3.97. The predicted molar refractivity (Wildman–Crippen MR) is 111 cm³/mol. The van der Waals surface area contributed by atoms with Crippen molar-refractivity contribution in [3.05, 3.63) is 72.1 Å². The van der Waals surface area contributed by atoms with Crippen LogP contribution < -0.4 is 4.74 Å². The Morgan fingerprint density at radius 3 is 2.61 bits per heavy atom. The maximum atomic E-state index is 9.33. The summed E-state index contributed by atoms with van der Waals surface area (Å²) in [6.45, 7) is 0.676. The Morgan fingerprint density at radius 1 is 1.00 bits per heavy atom. The fraction of sp³-hybridized carbons (Fsp3) is 0.375. The number of aromatic nitrogens is 2. The highest BCUT2D eigenvalue weighted by Crippen LogP contribution is 2.34. The van der Waals surface area contributed by atoms with Gasteiger partial charge in [0.2, 0.25) is 0 Å². The molecule has 1 heterocycles. The zero-order valence-electron chi connectivity index (χ0n) is 16.3. The minimum absolute atomic E-state index is 0.144. The molecule has 1 aromatic heterocycles. The number of hydrogen-bond donors (Lipinski definition) is 1. The van der Waals surface area contributed by atoms with Crippen LogP contribution in [0.3, 0.4) is 0 Å². The smallest absolute Gasteiger partial charge is 0.127 e. The fourth-order valence-electron chi connectivity index (χ4n) is 3.97. The molecule has 2 aromatic carbocycles. The highest BCUT2D eigenvalue weighted by Gasteiger charge is 2.17. The van der Waals surface area contributed by atoms with Gasteiger partial charge in [0.25, 0.3) is 0 Å². The van der Waals surface area contributed by atoms with Crippen molar-refractivity contribution in [2.45, 2.75) is 51.2 Å². The third-order valence-electron chi connectivity index (χ3n) is 5.54. The molecule has 1 fully saturated rings. The summed E-state index contributed by atoms with van der Waals surface area (Å²) in [5.74, 6) is 0.855. The molecule has 146 valence electrons. The van der Waals surface area contributed by atoms with E-state index in [0.717, 1.165) is 28.0 Å². The number of ether oxygens (including phenoxy) is 1. The average molecular weight is 377 g/mol. The minimum atomic E-state index is 0.144. The highest BCUT2D eigenvalue weighted by atomic mass is 16.5. The molecule has 0 bridgehead atoms. The SMILES string of the molecule is OCCc1ccc(OCc2ccccc2)c(-c2cnn(C3CCCCC3)c2)c1. The first-order chi connectivity index (χ1) is 13.8. The van der Waals surface area contributed by atoms with Crippen LogP contribution in [0, 0.1) is 0 Å². The van der Waals surface area contributed by atoms with Crippen molar-refractivity contribution in [2.75, 3.05) is 6.61 Å². The van der Waals surface area contributed by atoms with Crippen LogP contribution in [0.25, 0.3) is 11.1 Å². The van der Waals surface area contributed by atoms with Crippen molar-refractivity contribution in [3.8, 4) is 16.9 Å². The van der Waals surface area contributed by atoms with E-state index in [2.05, 4.69) is 34.2 Å². The maximum absolute atomic E-state index is 9.33. The van der Waals surface area contributed by atoms with Gasteiger partial charge in [-0.2, -0.15) is 5.10 Å². The molecule has 28 heavy (non-hydrogen) atoms. The molecule has 0 aliphatic heterocycles. The number of hydrogen-bond acceptors (Lipinski definition) is 3. The van der Waals surface area contributed by atoms with Crippen LogP contribution in [0.5, 0.6) is 5.75 Å². The molecule has 4 rings (SSSR count). The predicted octanol–water partition coefficient (Wildman–Crippen LogP) is 5.17. The highest BCUT2D eigenvalue weighted by molar-refractivity contribution is 5.70. The molecule has 0 atom stereocenters. The Balaban J connectivity index is 1.59. The lowest BCUT2D eigenvalue weighted by Crippen LogP contribution is -2.12. The molecule has 1 aliphatic carbocycles. The van der Waals surface area contributed by atoms with Crippen LogP contribution in [-0.4, -0.2) is 21.5 Å². The Bertz CT molecular complexity index is 883. The van der Waals surface area contributed by atoms with Gasteiger partial charge < -0.3 is 9.84 Å². The van der Waals surface area contributed by atoms with Gasteiger partial charge in [-0.15, -0.1) is 0 Å². The zero-order chi connectivity index (χ0) is 19.2. The lowest BCUT2D eigenvalue weighted by Gasteiger charge is -2.21. The molecule has 4 nitrogen and oxygen atoms in total. The van der Waals surface area contributed by atoms with E-state index in [-0.39, 0.29) is 6.61 Å². The standard InChI is InChI=1S/C24H28N2O2/c27-14-13-19-11-12-24(28-18-20-7-3-1-4-8-20)23(15-19)21-16-25-26(17-21)22-9-5-2-6-10-22/h1,3-4,7-8,11-12,15-17,22,27H,2,5-6,9-10,13-14,18H2. The maximum Gasteiger partial charge on any atom is 0.127 e. The van der Waals surface area contributed by atoms with E-state index in [4.69, 9.17) is 4.74 Å². The van der Waals surface area contributed by atoms with E-state index in [9.17, 15) is 5.11 Å². The minimum Gasteiger partial charge on any atom is -0.488 e. The first-order valence-corrected chi connectivity index (χ1v) is 10.3. The van der Waals surface area contributed by atoms with Gasteiger partial charge in [0.15, 0.2) is 0 Å². The average Bonchev–Trinajstić information content (AvgIpc) is 3.24. The van der Waals surface area contributed by atoms with E-state index in [1.807, 2.05) is 36.5 Å².